The van der Waals surface area contributed by atoms with Crippen LogP contribution in [0, 0.1) is 11.3 Å². The van der Waals surface area contributed by atoms with E-state index in [9.17, 15) is 10.1 Å². The summed E-state index contributed by atoms with van der Waals surface area (Å²) in [5.74, 6) is 1.16. The number of carbonyl (C=O) groups is 1. The minimum absolute atomic E-state index is 0.0574. The van der Waals surface area contributed by atoms with Crippen LogP contribution in [-0.4, -0.2) is 39.9 Å². The average molecular weight is 482 g/mol. The lowest BCUT2D eigenvalue weighted by Gasteiger charge is -2.27. The smallest absolute Gasteiger partial charge is 0.259 e. The van der Waals surface area contributed by atoms with Gasteiger partial charge in [-0.3, -0.25) is 4.79 Å². The van der Waals surface area contributed by atoms with Crippen molar-refractivity contribution in [2.45, 2.75) is 39.8 Å². The number of rotatable bonds is 5. The summed E-state index contributed by atoms with van der Waals surface area (Å²) in [6.45, 7) is 8.96. The number of anilines is 1. The molecule has 0 unspecified atom stereocenters. The largest absolute Gasteiger partial charge is 0.486 e. The van der Waals surface area contributed by atoms with E-state index in [0.29, 0.717) is 58.3 Å². The summed E-state index contributed by atoms with van der Waals surface area (Å²) in [5, 5.41) is 14.6. The Kier molecular flexibility index (Phi) is 6.06. The lowest BCUT2D eigenvalue weighted by molar-refractivity contribution is 0.0982. The lowest BCUT2D eigenvalue weighted by Crippen LogP contribution is -2.37. The molecule has 5 rings (SSSR count). The van der Waals surface area contributed by atoms with Crippen LogP contribution in [0.4, 0.5) is 5.69 Å². The summed E-state index contributed by atoms with van der Waals surface area (Å²) >= 11 is 0. The molecule has 1 aliphatic heterocycles. The van der Waals surface area contributed by atoms with Gasteiger partial charge in [-0.05, 0) is 70.2 Å². The molecule has 0 N–H and O–H groups in total. The number of aromatic nitrogens is 3. The lowest BCUT2D eigenvalue weighted by atomic mass is 10.0. The predicted octanol–water partition coefficient (Wildman–Crippen LogP) is 5.38. The van der Waals surface area contributed by atoms with Gasteiger partial charge in [-0.25, -0.2) is 9.67 Å². The van der Waals surface area contributed by atoms with Gasteiger partial charge >= 0.3 is 0 Å². The highest BCUT2D eigenvalue weighted by Crippen LogP contribution is 2.36. The van der Waals surface area contributed by atoms with Crippen molar-refractivity contribution in [3.05, 3.63) is 65.9 Å². The summed E-state index contributed by atoms with van der Waals surface area (Å²) in [6, 6.07) is 16.6. The average Bonchev–Trinajstić information content (AvgIpc) is 3.32. The molecule has 2 aromatic heterocycles. The van der Waals surface area contributed by atoms with Crippen LogP contribution in [0.25, 0.3) is 22.3 Å². The first kappa shape index (κ1) is 23.4. The molecule has 0 atom stereocenters. The van der Waals surface area contributed by atoms with Crippen LogP contribution in [0.2, 0.25) is 0 Å². The molecule has 0 fully saturated rings. The maximum atomic E-state index is 14.1. The van der Waals surface area contributed by atoms with E-state index in [1.165, 1.54) is 0 Å². The number of hydrogen-bond donors (Lipinski definition) is 0. The number of pyridine rings is 1. The van der Waals surface area contributed by atoms with Crippen molar-refractivity contribution in [2.24, 2.45) is 0 Å². The van der Waals surface area contributed by atoms with Crippen LogP contribution in [0.15, 0.2) is 54.7 Å². The Bertz CT molecular complexity index is 1500. The number of carbonyl (C=O) groups excluding carboxylic acids is 1. The molecule has 2 aromatic carbocycles. The molecule has 1 amide bonds. The number of nitrogens with zero attached hydrogens (tertiary/aromatic N) is 5. The Morgan fingerprint density at radius 3 is 2.56 bits per heavy atom. The maximum absolute atomic E-state index is 14.1. The number of fused-ring (bicyclic) bond motifs is 2. The van der Waals surface area contributed by atoms with Crippen molar-refractivity contribution in [2.75, 3.05) is 18.1 Å². The highest BCUT2D eigenvalue weighted by molar-refractivity contribution is 6.14. The van der Waals surface area contributed by atoms with Gasteiger partial charge in [0.1, 0.15) is 13.2 Å². The van der Waals surface area contributed by atoms with Gasteiger partial charge in [-0.2, -0.15) is 10.4 Å². The van der Waals surface area contributed by atoms with Crippen LogP contribution in [0.3, 0.4) is 0 Å². The Balaban J connectivity index is 1.69. The molecule has 1 aliphatic rings. The number of nitriles is 1. The molecule has 0 aliphatic carbocycles. The zero-order chi connectivity index (χ0) is 25.4. The third kappa shape index (κ3) is 4.13. The van der Waals surface area contributed by atoms with E-state index >= 15 is 0 Å². The van der Waals surface area contributed by atoms with Gasteiger partial charge in [0, 0.05) is 23.3 Å². The molecular formula is C28H27N5O3. The second kappa shape index (κ2) is 9.34. The minimum atomic E-state index is -0.186. The van der Waals surface area contributed by atoms with Crippen molar-refractivity contribution >= 4 is 22.6 Å². The zero-order valence-electron chi connectivity index (χ0n) is 20.7. The normalized spacial score (nSPS) is 12.7. The highest BCUT2D eigenvalue weighted by Gasteiger charge is 2.26. The van der Waals surface area contributed by atoms with Gasteiger partial charge in [0.2, 0.25) is 0 Å². The predicted molar refractivity (Wildman–Crippen MR) is 137 cm³/mol. The number of benzene rings is 2. The van der Waals surface area contributed by atoms with E-state index < -0.39 is 0 Å². The van der Waals surface area contributed by atoms with E-state index in [4.69, 9.17) is 14.5 Å². The Morgan fingerprint density at radius 2 is 1.83 bits per heavy atom. The summed E-state index contributed by atoms with van der Waals surface area (Å²) in [7, 11) is 0. The Morgan fingerprint density at radius 1 is 1.06 bits per heavy atom. The van der Waals surface area contributed by atoms with Crippen molar-refractivity contribution < 1.29 is 14.3 Å². The van der Waals surface area contributed by atoms with Crippen LogP contribution < -0.4 is 14.4 Å². The first-order valence-electron chi connectivity index (χ1n) is 12.0. The van der Waals surface area contributed by atoms with Crippen molar-refractivity contribution in [1.82, 2.24) is 14.8 Å². The highest BCUT2D eigenvalue weighted by atomic mass is 16.6. The van der Waals surface area contributed by atoms with E-state index in [-0.39, 0.29) is 18.0 Å². The Labute approximate surface area is 209 Å². The minimum Gasteiger partial charge on any atom is -0.486 e. The molecule has 0 radical (unpaired) electrons. The van der Waals surface area contributed by atoms with Crippen molar-refractivity contribution in [1.29, 1.82) is 5.26 Å². The number of amides is 1. The quantitative estimate of drug-likeness (QED) is 0.380. The molecule has 0 bridgehead atoms. The third-order valence-corrected chi connectivity index (χ3v) is 6.11. The second-order valence-electron chi connectivity index (χ2n) is 9.26. The summed E-state index contributed by atoms with van der Waals surface area (Å²) in [4.78, 5) is 20.7. The van der Waals surface area contributed by atoms with Gasteiger partial charge in [-0.15, -0.1) is 0 Å². The molecule has 0 saturated carbocycles. The standard InChI is InChI=1S/C28H27N5O3/c1-17(2)32(21-7-5-6-19(12-21)15-29)28(34)22-14-24(31-27-23(22)16-30-33(27)18(3)4)20-8-9-25-26(13-20)36-11-10-35-25/h5-9,12-14,16-18H,10-11H2,1-4H3. The van der Waals surface area contributed by atoms with E-state index in [0.717, 1.165) is 5.56 Å². The van der Waals surface area contributed by atoms with Gasteiger partial charge in [-0.1, -0.05) is 6.07 Å². The topological polar surface area (TPSA) is 93.3 Å². The van der Waals surface area contributed by atoms with Crippen molar-refractivity contribution in [3.8, 4) is 28.8 Å². The number of hydrogen-bond acceptors (Lipinski definition) is 6. The molecule has 8 heteroatoms. The van der Waals surface area contributed by atoms with E-state index in [2.05, 4.69) is 11.2 Å². The fraction of sp³-hybridized carbons (Fsp3) is 0.286. The third-order valence-electron chi connectivity index (χ3n) is 6.11. The first-order valence-corrected chi connectivity index (χ1v) is 12.0. The summed E-state index contributed by atoms with van der Waals surface area (Å²) in [5.41, 5.74) is 3.74. The SMILES string of the molecule is CC(C)N(C(=O)c1cc(-c2ccc3c(c2)OCCO3)nc2c1cnn2C(C)C)c1cccc(C#N)c1. The number of ether oxygens (including phenoxy) is 2. The molecule has 0 saturated heterocycles. The molecule has 0 spiro atoms. The summed E-state index contributed by atoms with van der Waals surface area (Å²) in [6.07, 6.45) is 1.70. The molecule has 182 valence electrons. The van der Waals surface area contributed by atoms with Crippen LogP contribution >= 0.6 is 0 Å². The van der Waals surface area contributed by atoms with Crippen LogP contribution in [0.1, 0.15) is 49.7 Å². The molecule has 36 heavy (non-hydrogen) atoms. The second-order valence-corrected chi connectivity index (χ2v) is 9.26. The molecular weight excluding hydrogens is 454 g/mol. The van der Waals surface area contributed by atoms with Gasteiger partial charge in [0.15, 0.2) is 17.1 Å². The molecule has 3 heterocycles. The zero-order valence-corrected chi connectivity index (χ0v) is 20.7. The van der Waals surface area contributed by atoms with Gasteiger partial charge < -0.3 is 14.4 Å². The fourth-order valence-electron chi connectivity index (χ4n) is 4.43. The molecule has 4 aromatic rings. The fourth-order valence-corrected chi connectivity index (χ4v) is 4.43. The Hall–Kier alpha value is -4.38. The van der Waals surface area contributed by atoms with E-state index in [1.807, 2.05) is 62.7 Å². The maximum Gasteiger partial charge on any atom is 0.259 e. The van der Waals surface area contributed by atoms with Crippen LogP contribution in [-0.2, 0) is 0 Å². The first-order chi connectivity index (χ1) is 17.4. The van der Waals surface area contributed by atoms with Gasteiger partial charge in [0.05, 0.1) is 34.5 Å². The van der Waals surface area contributed by atoms with Gasteiger partial charge in [0.25, 0.3) is 5.91 Å². The van der Waals surface area contributed by atoms with Crippen molar-refractivity contribution in [3.63, 3.8) is 0 Å². The molecule has 8 nitrogen and oxygen atoms in total. The summed E-state index contributed by atoms with van der Waals surface area (Å²) < 4.78 is 13.3. The van der Waals surface area contributed by atoms with Crippen LogP contribution in [0.5, 0.6) is 11.5 Å². The van der Waals surface area contributed by atoms with E-state index in [1.54, 1.807) is 29.3 Å². The monoisotopic (exact) mass is 481 g/mol.